The van der Waals surface area contributed by atoms with Crippen molar-refractivity contribution in [2.24, 2.45) is 0 Å². The van der Waals surface area contributed by atoms with Gasteiger partial charge in [-0.25, -0.2) is 27.9 Å². The number of nitrogens with zero attached hydrogens (tertiary/aromatic N) is 7. The third-order valence-corrected chi connectivity index (χ3v) is 8.49. The molecule has 12 nitrogen and oxygen atoms in total. The second kappa shape index (κ2) is 13.6. The van der Waals surface area contributed by atoms with Gasteiger partial charge in [0.1, 0.15) is 11.4 Å². The van der Waals surface area contributed by atoms with Crippen LogP contribution in [0.15, 0.2) is 29.0 Å². The second-order valence-corrected chi connectivity index (χ2v) is 14.3. The van der Waals surface area contributed by atoms with E-state index in [1.807, 2.05) is 37.5 Å². The number of halogens is 3. The number of nitrogens with one attached hydrogen (secondary N) is 1. The van der Waals surface area contributed by atoms with E-state index in [-0.39, 0.29) is 42.0 Å². The minimum absolute atomic E-state index is 0.00605. The SMILES string of the molecule is CCN(C(=O)c1cnc(N2C[C@H](NC(=O)OC(C)(C)C)[C@@H](c3cc(F)c(F)cc3F)C2)nc1)C1CCN(c2nc(C(C)(C)C)no2)CC1. The molecule has 2 fully saturated rings. The number of carbonyl (C=O) groups excluding carboxylic acids is 2. The van der Waals surface area contributed by atoms with Gasteiger partial charge in [0.2, 0.25) is 5.95 Å². The molecule has 0 spiro atoms. The van der Waals surface area contributed by atoms with E-state index in [0.29, 0.717) is 55.9 Å². The number of piperidine rings is 1. The summed E-state index contributed by atoms with van der Waals surface area (Å²) in [5.74, 6) is -3.54. The molecule has 2 amide bonds. The van der Waals surface area contributed by atoms with Crippen molar-refractivity contribution in [3.8, 4) is 0 Å². The first-order valence-electron chi connectivity index (χ1n) is 16.1. The van der Waals surface area contributed by atoms with Crippen molar-refractivity contribution in [2.75, 3.05) is 42.5 Å². The first kappa shape index (κ1) is 34.9. The van der Waals surface area contributed by atoms with Gasteiger partial charge in [-0.3, -0.25) is 4.79 Å². The van der Waals surface area contributed by atoms with E-state index in [1.165, 1.54) is 12.4 Å². The third kappa shape index (κ3) is 7.81. The molecule has 0 bridgehead atoms. The van der Waals surface area contributed by atoms with Crippen LogP contribution in [0.3, 0.4) is 0 Å². The molecule has 15 heteroatoms. The summed E-state index contributed by atoms with van der Waals surface area (Å²) in [7, 11) is 0. The molecule has 1 aromatic carbocycles. The van der Waals surface area contributed by atoms with Crippen molar-refractivity contribution < 1.29 is 32.0 Å². The number of anilines is 2. The van der Waals surface area contributed by atoms with Crippen LogP contribution in [0.2, 0.25) is 0 Å². The van der Waals surface area contributed by atoms with Crippen LogP contribution in [-0.2, 0) is 10.2 Å². The molecule has 2 aromatic heterocycles. The van der Waals surface area contributed by atoms with E-state index in [1.54, 1.807) is 25.7 Å². The van der Waals surface area contributed by atoms with E-state index in [0.717, 1.165) is 6.07 Å². The largest absolute Gasteiger partial charge is 0.444 e. The number of rotatable bonds is 7. The molecule has 2 aliphatic rings. The van der Waals surface area contributed by atoms with Crippen LogP contribution in [-0.4, -0.2) is 87.4 Å². The molecule has 1 N–H and O–H groups in total. The van der Waals surface area contributed by atoms with Crippen molar-refractivity contribution in [3.05, 3.63) is 58.9 Å². The monoisotopic (exact) mass is 672 g/mol. The van der Waals surface area contributed by atoms with Crippen molar-refractivity contribution in [3.63, 3.8) is 0 Å². The van der Waals surface area contributed by atoms with Gasteiger partial charge in [-0.1, -0.05) is 25.9 Å². The highest BCUT2D eigenvalue weighted by atomic mass is 19.2. The zero-order valence-corrected chi connectivity index (χ0v) is 28.4. The van der Waals surface area contributed by atoms with E-state index >= 15 is 0 Å². The lowest BCUT2D eigenvalue weighted by Crippen LogP contribution is -2.47. The first-order chi connectivity index (χ1) is 22.5. The minimum atomic E-state index is -1.31. The molecule has 260 valence electrons. The van der Waals surface area contributed by atoms with Crippen molar-refractivity contribution in [1.29, 1.82) is 0 Å². The molecule has 48 heavy (non-hydrogen) atoms. The zero-order chi connectivity index (χ0) is 35.0. The second-order valence-electron chi connectivity index (χ2n) is 14.3. The Bertz CT molecular complexity index is 1610. The first-order valence-corrected chi connectivity index (χ1v) is 16.1. The lowest BCUT2D eigenvalue weighted by Gasteiger charge is -2.37. The number of alkyl carbamates (subject to hydrolysis) is 1. The number of aromatic nitrogens is 4. The van der Waals surface area contributed by atoms with Crippen LogP contribution >= 0.6 is 0 Å². The molecule has 2 atom stereocenters. The van der Waals surface area contributed by atoms with Crippen LogP contribution in [0.1, 0.15) is 89.0 Å². The Balaban J connectivity index is 1.27. The maximum absolute atomic E-state index is 14.9. The van der Waals surface area contributed by atoms with Gasteiger partial charge in [0.25, 0.3) is 5.91 Å². The predicted molar refractivity (Wildman–Crippen MR) is 171 cm³/mol. The van der Waals surface area contributed by atoms with E-state index in [4.69, 9.17) is 9.26 Å². The lowest BCUT2D eigenvalue weighted by atomic mass is 9.93. The zero-order valence-electron chi connectivity index (χ0n) is 28.4. The fourth-order valence-electron chi connectivity index (χ4n) is 6.06. The Morgan fingerprint density at radius 1 is 0.979 bits per heavy atom. The van der Waals surface area contributed by atoms with E-state index in [9.17, 15) is 22.8 Å². The molecular weight excluding hydrogens is 629 g/mol. The van der Waals surface area contributed by atoms with Gasteiger partial charge in [0.05, 0.1) is 11.6 Å². The fourth-order valence-corrected chi connectivity index (χ4v) is 6.06. The number of hydrogen-bond acceptors (Lipinski definition) is 10. The molecule has 0 unspecified atom stereocenters. The van der Waals surface area contributed by atoms with Gasteiger partial charge < -0.3 is 29.3 Å². The Morgan fingerprint density at radius 2 is 1.62 bits per heavy atom. The normalized spacial score (nSPS) is 19.0. The summed E-state index contributed by atoms with van der Waals surface area (Å²) in [6.07, 6.45) is 3.58. The van der Waals surface area contributed by atoms with E-state index in [2.05, 4.69) is 25.4 Å². The van der Waals surface area contributed by atoms with Gasteiger partial charge in [-0.2, -0.15) is 4.98 Å². The number of ether oxygens (including phenoxy) is 1. The molecule has 2 saturated heterocycles. The van der Waals surface area contributed by atoms with Crippen LogP contribution in [0.5, 0.6) is 0 Å². The van der Waals surface area contributed by atoms with Gasteiger partial charge in [-0.15, -0.1) is 0 Å². The smallest absolute Gasteiger partial charge is 0.407 e. The molecular formula is C33H43F3N8O4. The number of hydrogen-bond donors (Lipinski definition) is 1. The average Bonchev–Trinajstić information content (AvgIpc) is 3.67. The Hall–Kier alpha value is -4.43. The molecule has 4 heterocycles. The Kier molecular flexibility index (Phi) is 9.88. The summed E-state index contributed by atoms with van der Waals surface area (Å²) < 4.78 is 53.7. The summed E-state index contributed by atoms with van der Waals surface area (Å²) in [6, 6.07) is 1.04. The highest BCUT2D eigenvalue weighted by molar-refractivity contribution is 5.94. The minimum Gasteiger partial charge on any atom is -0.444 e. The quantitative estimate of drug-likeness (QED) is 0.334. The average molecular weight is 673 g/mol. The molecule has 3 aromatic rings. The van der Waals surface area contributed by atoms with Crippen LogP contribution < -0.4 is 15.1 Å². The summed E-state index contributed by atoms with van der Waals surface area (Å²) >= 11 is 0. The molecule has 2 aliphatic heterocycles. The molecule has 0 aliphatic carbocycles. The Labute approximate surface area is 278 Å². The van der Waals surface area contributed by atoms with Crippen molar-refractivity contribution in [2.45, 2.75) is 90.3 Å². The molecule has 5 rings (SSSR count). The van der Waals surface area contributed by atoms with Gasteiger partial charge in [0.15, 0.2) is 17.5 Å². The number of carbonyl (C=O) groups is 2. The third-order valence-electron chi connectivity index (χ3n) is 8.49. The summed E-state index contributed by atoms with van der Waals surface area (Å²) in [5, 5.41) is 6.85. The van der Waals surface area contributed by atoms with Crippen LogP contribution in [0.4, 0.5) is 29.9 Å². The van der Waals surface area contributed by atoms with E-state index < -0.39 is 41.1 Å². The van der Waals surface area contributed by atoms with Crippen LogP contribution in [0, 0.1) is 17.5 Å². The maximum atomic E-state index is 14.9. The summed E-state index contributed by atoms with van der Waals surface area (Å²) in [5.41, 5.74) is -0.800. The van der Waals surface area contributed by atoms with Crippen molar-refractivity contribution >= 4 is 24.0 Å². The van der Waals surface area contributed by atoms with Gasteiger partial charge in [-0.05, 0) is 52.2 Å². The summed E-state index contributed by atoms with van der Waals surface area (Å²) in [4.78, 5) is 45.2. The van der Waals surface area contributed by atoms with Gasteiger partial charge >= 0.3 is 12.1 Å². The highest BCUT2D eigenvalue weighted by Gasteiger charge is 2.39. The van der Waals surface area contributed by atoms with Gasteiger partial charge in [0, 0.05) is 68.6 Å². The topological polar surface area (TPSA) is 130 Å². The Morgan fingerprint density at radius 3 is 2.21 bits per heavy atom. The standard InChI is InChI=1S/C33H43F3N8O4/c1-8-44(20-9-11-42(12-10-20)30-40-28(41-48-30)32(2,3)4)27(45)19-15-37-29(38-16-19)43-17-22(21-13-24(35)25(36)14-23(21)34)26(18-43)39-31(46)47-33(5,6)7/h13-16,20,22,26H,8-12,17-18H2,1-7H3,(H,39,46)/t22-,26+/m1/s1. The number of amides is 2. The fraction of sp³-hybridized carbons (Fsp3) is 0.576. The molecule has 0 radical (unpaired) electrons. The number of benzene rings is 1. The van der Waals surface area contributed by atoms with Crippen LogP contribution in [0.25, 0.3) is 0 Å². The lowest BCUT2D eigenvalue weighted by molar-refractivity contribution is 0.0504. The molecule has 0 saturated carbocycles. The maximum Gasteiger partial charge on any atom is 0.407 e. The predicted octanol–water partition coefficient (Wildman–Crippen LogP) is 5.20. The summed E-state index contributed by atoms with van der Waals surface area (Å²) in [6.45, 7) is 15.1. The van der Waals surface area contributed by atoms with Crippen molar-refractivity contribution in [1.82, 2.24) is 30.3 Å². The highest BCUT2D eigenvalue weighted by Crippen LogP contribution is 2.33.